The molecule has 0 saturated heterocycles. The van der Waals surface area contributed by atoms with E-state index in [2.05, 4.69) is 35.9 Å². The van der Waals surface area contributed by atoms with Crippen LogP contribution >= 0.6 is 24.4 Å². The van der Waals surface area contributed by atoms with E-state index >= 15 is 0 Å². The summed E-state index contributed by atoms with van der Waals surface area (Å²) in [5.74, 6) is 0. The zero-order valence-electron chi connectivity index (χ0n) is 4.18. The number of aliphatic hydroxyl groups is 2. The first-order valence-corrected chi connectivity index (χ1v) is 2.25. The fourth-order valence-electron chi connectivity index (χ4n) is 0. The van der Waals surface area contributed by atoms with Gasteiger partial charge in [0.1, 0.15) is 0 Å². The molecule has 0 aliphatic heterocycles. The molecule has 0 amide bonds. The summed E-state index contributed by atoms with van der Waals surface area (Å²) in [7, 11) is 0. The maximum atomic E-state index is 7.56. The molecule has 6 N–H and O–H groups in total. The van der Waals surface area contributed by atoms with Crippen molar-refractivity contribution in [1.29, 1.82) is 0 Å². The topological polar surface area (TPSA) is 92.5 Å². The summed E-state index contributed by atoms with van der Waals surface area (Å²) in [5.41, 5.74) is 8.80. The Morgan fingerprint density at radius 1 is 1.00 bits per heavy atom. The van der Waals surface area contributed by atoms with Crippen LogP contribution in [-0.4, -0.2) is 20.6 Å². The first-order chi connectivity index (χ1) is 3.46. The maximum Gasteiger partial charge on any atom is 0.251 e. The van der Waals surface area contributed by atoms with Gasteiger partial charge < -0.3 is 21.7 Å². The average Bonchev–Trinajstić information content (AvgIpc) is 1.25. The molecule has 0 aliphatic carbocycles. The average molecular weight is 261 g/mol. The predicted octanol–water partition coefficient (Wildman–Crippen LogP) is -0.426. The monoisotopic (exact) mass is 260 g/mol. The van der Waals surface area contributed by atoms with Crippen molar-refractivity contribution in [3.63, 3.8) is 0 Å². The van der Waals surface area contributed by atoms with Gasteiger partial charge in [-0.3, -0.25) is 0 Å². The van der Waals surface area contributed by atoms with Gasteiger partial charge >= 0.3 is 0 Å². The molecule has 0 aromatic rings. The molecule has 0 fully saturated rings. The van der Waals surface area contributed by atoms with E-state index in [4.69, 9.17) is 10.2 Å². The number of hydrogen-bond acceptors (Lipinski definition) is 2. The van der Waals surface area contributed by atoms with Crippen LogP contribution in [0.5, 0.6) is 0 Å². The summed E-state index contributed by atoms with van der Waals surface area (Å²) in [6.45, 7) is 0. The summed E-state index contributed by atoms with van der Waals surface area (Å²) in [4.78, 5) is 0. The fraction of sp³-hybridized carbons (Fsp3) is 0. The molecule has 0 radical (unpaired) electrons. The molecule has 0 atom stereocenters. The Morgan fingerprint density at radius 3 is 1.00 bits per heavy atom. The van der Waals surface area contributed by atoms with E-state index in [1.807, 2.05) is 0 Å². The van der Waals surface area contributed by atoms with Crippen LogP contribution < -0.4 is 11.5 Å². The quantitative estimate of drug-likeness (QED) is 0.349. The fourth-order valence-corrected chi connectivity index (χ4v) is 0. The summed E-state index contributed by atoms with van der Waals surface area (Å²) in [6.07, 6.45) is 0. The molecule has 0 spiro atoms. The third kappa shape index (κ3) is 164000. The molecule has 9 heavy (non-hydrogen) atoms. The van der Waals surface area contributed by atoms with E-state index in [9.17, 15) is 0 Å². The van der Waals surface area contributed by atoms with Crippen molar-refractivity contribution in [2.75, 3.05) is 0 Å². The van der Waals surface area contributed by atoms with Gasteiger partial charge in [-0.1, -0.05) is 0 Å². The van der Waals surface area contributed by atoms with Gasteiger partial charge in [-0.25, -0.2) is 0 Å². The van der Waals surface area contributed by atoms with Crippen molar-refractivity contribution in [3.05, 3.63) is 0 Å². The molecular formula is C2H6N2O2PdS2. The third-order valence-electron chi connectivity index (χ3n) is 0. The molecule has 0 aromatic carbocycles. The Morgan fingerprint density at radius 2 is 1.00 bits per heavy atom. The summed E-state index contributed by atoms with van der Waals surface area (Å²) >= 11 is 7.74. The van der Waals surface area contributed by atoms with Crippen molar-refractivity contribution < 1.29 is 30.6 Å². The molecule has 0 bridgehead atoms. The van der Waals surface area contributed by atoms with Crippen molar-refractivity contribution >= 4 is 34.8 Å². The van der Waals surface area contributed by atoms with Crippen molar-refractivity contribution in [1.82, 2.24) is 0 Å². The molecule has 4 nitrogen and oxygen atoms in total. The molecule has 0 aliphatic rings. The van der Waals surface area contributed by atoms with Gasteiger partial charge in [0.25, 0.3) is 10.3 Å². The molecule has 0 unspecified atom stereocenters. The molecule has 0 saturated carbocycles. The van der Waals surface area contributed by atoms with Gasteiger partial charge in [-0.05, 0) is 24.4 Å². The van der Waals surface area contributed by atoms with Gasteiger partial charge in [0.2, 0.25) is 0 Å². The third-order valence-corrected chi connectivity index (χ3v) is 0. The van der Waals surface area contributed by atoms with Crippen molar-refractivity contribution in [3.8, 4) is 0 Å². The minimum atomic E-state index is -0.500. The number of nitrogens with two attached hydrogens (primary N) is 2. The van der Waals surface area contributed by atoms with Gasteiger partial charge in [0, 0.05) is 20.4 Å². The van der Waals surface area contributed by atoms with Crippen LogP contribution in [0.1, 0.15) is 0 Å². The van der Waals surface area contributed by atoms with E-state index in [-0.39, 0.29) is 20.4 Å². The van der Waals surface area contributed by atoms with Crippen molar-refractivity contribution in [2.45, 2.75) is 0 Å². The van der Waals surface area contributed by atoms with E-state index in [0.29, 0.717) is 0 Å². The summed E-state index contributed by atoms with van der Waals surface area (Å²) in [5, 5.41) is 14.1. The molecule has 0 aromatic heterocycles. The Bertz CT molecular complexity index is 78.6. The van der Waals surface area contributed by atoms with Gasteiger partial charge in [-0.2, -0.15) is 0 Å². The van der Waals surface area contributed by atoms with Gasteiger partial charge in [-0.15, -0.1) is 0 Å². The second-order valence-electron chi connectivity index (χ2n) is 0.676. The van der Waals surface area contributed by atoms with Gasteiger partial charge in [0.15, 0.2) is 0 Å². The number of thiocarbonyl (C=S) groups is 2. The molecule has 0 rings (SSSR count). The Kier molecular flexibility index (Phi) is 19.4. The zero-order chi connectivity index (χ0) is 7.15. The van der Waals surface area contributed by atoms with E-state index < -0.39 is 10.3 Å². The first kappa shape index (κ1) is 16.0. The van der Waals surface area contributed by atoms with Crippen LogP contribution in [0, 0.1) is 0 Å². The Hall–Kier alpha value is 0.0423. The van der Waals surface area contributed by atoms with E-state index in [0.717, 1.165) is 0 Å². The standard InChI is InChI=1S/2CH3NOS.Pd/c2*2-1(3)4;/h2*(H3,2,3,4);. The SMILES string of the molecule is NC(O)=S.NC(O)=S.[Pd]. The summed E-state index contributed by atoms with van der Waals surface area (Å²) in [6, 6.07) is 0. The van der Waals surface area contributed by atoms with Crippen LogP contribution in [0.2, 0.25) is 0 Å². The predicted molar refractivity (Wildman–Crippen MR) is 38.8 cm³/mol. The minimum absolute atomic E-state index is 0. The Balaban J connectivity index is -0.0000000720. The smallest absolute Gasteiger partial charge is 0.251 e. The number of hydrogen-bond donors (Lipinski definition) is 4. The second-order valence-corrected chi connectivity index (χ2v) is 1.51. The van der Waals surface area contributed by atoms with Crippen LogP contribution in [-0.2, 0) is 20.4 Å². The largest absolute Gasteiger partial charge is 0.487 e. The van der Waals surface area contributed by atoms with Crippen LogP contribution in [0.4, 0.5) is 0 Å². The normalized spacial score (nSPS) is 5.33. The molecule has 0 heterocycles. The van der Waals surface area contributed by atoms with Crippen LogP contribution in [0.3, 0.4) is 0 Å². The zero-order valence-corrected chi connectivity index (χ0v) is 7.37. The second kappa shape index (κ2) is 10.9. The molecule has 7 heteroatoms. The van der Waals surface area contributed by atoms with Crippen molar-refractivity contribution in [2.24, 2.45) is 11.5 Å². The molecular weight excluding hydrogens is 255 g/mol. The first-order valence-electron chi connectivity index (χ1n) is 1.43. The Labute approximate surface area is 76.9 Å². The molecule has 58 valence electrons. The maximum absolute atomic E-state index is 7.56. The van der Waals surface area contributed by atoms with Gasteiger partial charge in [0.05, 0.1) is 0 Å². The number of aliphatic hydroxyl groups excluding tert-OH is 2. The summed E-state index contributed by atoms with van der Waals surface area (Å²) < 4.78 is 0. The number of rotatable bonds is 0. The van der Waals surface area contributed by atoms with Crippen LogP contribution in [0.15, 0.2) is 0 Å². The van der Waals surface area contributed by atoms with Crippen LogP contribution in [0.25, 0.3) is 0 Å². The minimum Gasteiger partial charge on any atom is -0.487 e. The van der Waals surface area contributed by atoms with E-state index in [1.54, 1.807) is 0 Å². The van der Waals surface area contributed by atoms with E-state index in [1.165, 1.54) is 0 Å².